The highest BCUT2D eigenvalue weighted by Gasteiger charge is 2.26. The van der Waals surface area contributed by atoms with E-state index in [0.717, 1.165) is 12.8 Å². The minimum Gasteiger partial charge on any atom is -0.494 e. The van der Waals surface area contributed by atoms with E-state index in [0.29, 0.717) is 23.0 Å². The largest absolute Gasteiger partial charge is 0.494 e. The Hall–Kier alpha value is -1.71. The summed E-state index contributed by atoms with van der Waals surface area (Å²) in [6.45, 7) is 0. The second kappa shape index (κ2) is 5.29. The molecule has 2 rings (SSSR count). The van der Waals surface area contributed by atoms with E-state index in [1.165, 1.54) is 20.0 Å². The second-order valence-electron chi connectivity index (χ2n) is 4.78. The summed E-state index contributed by atoms with van der Waals surface area (Å²) >= 11 is 0. The van der Waals surface area contributed by atoms with Crippen molar-refractivity contribution in [3.8, 4) is 5.75 Å². The molecule has 0 aromatic heterocycles. The molecular formula is C14H20N2O2. The lowest BCUT2D eigenvalue weighted by Gasteiger charge is -2.25. The van der Waals surface area contributed by atoms with Crippen molar-refractivity contribution < 1.29 is 9.53 Å². The van der Waals surface area contributed by atoms with Gasteiger partial charge in [0, 0.05) is 13.1 Å². The molecule has 1 aromatic carbocycles. The smallest absolute Gasteiger partial charge is 0.257 e. The Morgan fingerprint density at radius 2 is 2.06 bits per heavy atom. The van der Waals surface area contributed by atoms with Crippen molar-refractivity contribution in [2.24, 2.45) is 0 Å². The fourth-order valence-corrected chi connectivity index (χ4v) is 2.60. The van der Waals surface area contributed by atoms with Crippen LogP contribution in [0, 0.1) is 0 Å². The highest BCUT2D eigenvalue weighted by Crippen LogP contribution is 2.29. The Bertz CT molecular complexity index is 439. The number of benzene rings is 1. The summed E-state index contributed by atoms with van der Waals surface area (Å²) in [6, 6.07) is 5.64. The summed E-state index contributed by atoms with van der Waals surface area (Å²) in [5.41, 5.74) is 6.88. The van der Waals surface area contributed by atoms with Crippen molar-refractivity contribution >= 4 is 11.6 Å². The molecule has 4 nitrogen and oxygen atoms in total. The highest BCUT2D eigenvalue weighted by atomic mass is 16.5. The van der Waals surface area contributed by atoms with Crippen LogP contribution in [-0.2, 0) is 0 Å². The zero-order valence-electron chi connectivity index (χ0n) is 11.0. The van der Waals surface area contributed by atoms with Crippen molar-refractivity contribution in [1.82, 2.24) is 4.90 Å². The van der Waals surface area contributed by atoms with Gasteiger partial charge in [0.2, 0.25) is 0 Å². The van der Waals surface area contributed by atoms with E-state index in [1.54, 1.807) is 18.2 Å². The van der Waals surface area contributed by atoms with Crippen LogP contribution in [-0.4, -0.2) is 31.0 Å². The van der Waals surface area contributed by atoms with Crippen LogP contribution in [0.4, 0.5) is 5.69 Å². The molecule has 1 aromatic rings. The number of hydrogen-bond donors (Lipinski definition) is 1. The molecule has 0 spiro atoms. The minimum atomic E-state index is -0.00829. The van der Waals surface area contributed by atoms with Gasteiger partial charge in [0.1, 0.15) is 0 Å². The van der Waals surface area contributed by atoms with Gasteiger partial charge in [-0.05, 0) is 25.0 Å². The van der Waals surface area contributed by atoms with Crippen LogP contribution >= 0.6 is 0 Å². The first-order valence-electron chi connectivity index (χ1n) is 6.34. The summed E-state index contributed by atoms with van der Waals surface area (Å²) in [7, 11) is 3.40. The number of rotatable bonds is 3. The van der Waals surface area contributed by atoms with Crippen molar-refractivity contribution in [3.63, 3.8) is 0 Å². The van der Waals surface area contributed by atoms with Crippen molar-refractivity contribution in [3.05, 3.63) is 23.8 Å². The van der Waals surface area contributed by atoms with Gasteiger partial charge in [-0.1, -0.05) is 18.9 Å². The fourth-order valence-electron chi connectivity index (χ4n) is 2.60. The van der Waals surface area contributed by atoms with E-state index < -0.39 is 0 Å². The molecule has 0 bridgehead atoms. The first kappa shape index (κ1) is 12.7. The quantitative estimate of drug-likeness (QED) is 0.835. The summed E-state index contributed by atoms with van der Waals surface area (Å²) < 4.78 is 5.24. The van der Waals surface area contributed by atoms with Crippen LogP contribution in [0.25, 0.3) is 0 Å². The standard InChI is InChI=1S/C14H20N2O2/c1-16(10-6-3-4-7-10)14(17)11-8-5-9-12(15)13(11)18-2/h5,8-10H,3-4,6-7,15H2,1-2H3. The van der Waals surface area contributed by atoms with E-state index in [9.17, 15) is 4.79 Å². The third kappa shape index (κ3) is 2.28. The molecular weight excluding hydrogens is 228 g/mol. The number of anilines is 1. The molecule has 0 aliphatic heterocycles. The Kier molecular flexibility index (Phi) is 3.75. The number of ether oxygens (including phenoxy) is 1. The van der Waals surface area contributed by atoms with Gasteiger partial charge in [0.15, 0.2) is 5.75 Å². The Morgan fingerprint density at radius 3 is 2.67 bits per heavy atom. The van der Waals surface area contributed by atoms with Crippen LogP contribution in [0.1, 0.15) is 36.0 Å². The molecule has 0 unspecified atom stereocenters. The number of nitrogens with zero attached hydrogens (tertiary/aromatic N) is 1. The topological polar surface area (TPSA) is 55.6 Å². The zero-order valence-corrected chi connectivity index (χ0v) is 11.0. The number of nitrogen functional groups attached to an aromatic ring is 1. The average Bonchev–Trinajstić information content (AvgIpc) is 2.90. The summed E-state index contributed by atoms with van der Waals surface area (Å²) in [5, 5.41) is 0. The van der Waals surface area contributed by atoms with Gasteiger partial charge in [-0.25, -0.2) is 0 Å². The maximum absolute atomic E-state index is 12.5. The molecule has 0 saturated heterocycles. The molecule has 1 aliphatic carbocycles. The molecule has 1 aliphatic rings. The second-order valence-corrected chi connectivity index (χ2v) is 4.78. The van der Waals surface area contributed by atoms with Gasteiger partial charge in [-0.3, -0.25) is 4.79 Å². The third-order valence-corrected chi connectivity index (χ3v) is 3.67. The third-order valence-electron chi connectivity index (χ3n) is 3.67. The van der Waals surface area contributed by atoms with E-state index >= 15 is 0 Å². The lowest BCUT2D eigenvalue weighted by molar-refractivity contribution is 0.0732. The molecule has 1 saturated carbocycles. The molecule has 0 heterocycles. The maximum atomic E-state index is 12.5. The van der Waals surface area contributed by atoms with Gasteiger partial charge >= 0.3 is 0 Å². The molecule has 18 heavy (non-hydrogen) atoms. The Balaban J connectivity index is 2.25. The number of amides is 1. The Morgan fingerprint density at radius 1 is 1.39 bits per heavy atom. The molecule has 0 atom stereocenters. The molecule has 1 fully saturated rings. The predicted molar refractivity (Wildman–Crippen MR) is 71.8 cm³/mol. The van der Waals surface area contributed by atoms with Crippen LogP contribution < -0.4 is 10.5 Å². The SMILES string of the molecule is COc1c(N)cccc1C(=O)N(C)C1CCCC1. The molecule has 2 N–H and O–H groups in total. The van der Waals surface area contributed by atoms with Gasteiger partial charge in [-0.2, -0.15) is 0 Å². The minimum absolute atomic E-state index is 0.00829. The number of para-hydroxylation sites is 1. The first-order chi connectivity index (χ1) is 8.65. The van der Waals surface area contributed by atoms with E-state index in [2.05, 4.69) is 0 Å². The van der Waals surface area contributed by atoms with Crippen LogP contribution in [0.2, 0.25) is 0 Å². The molecule has 0 radical (unpaired) electrons. The van der Waals surface area contributed by atoms with Gasteiger partial charge < -0.3 is 15.4 Å². The maximum Gasteiger partial charge on any atom is 0.257 e. The van der Waals surface area contributed by atoms with Gasteiger partial charge in [0.25, 0.3) is 5.91 Å². The van der Waals surface area contributed by atoms with Crippen LogP contribution in [0.5, 0.6) is 5.75 Å². The lowest BCUT2D eigenvalue weighted by Crippen LogP contribution is -2.35. The highest BCUT2D eigenvalue weighted by molar-refractivity contribution is 5.98. The monoisotopic (exact) mass is 248 g/mol. The van der Waals surface area contributed by atoms with Crippen molar-refractivity contribution in [2.45, 2.75) is 31.7 Å². The number of carbonyl (C=O) groups is 1. The summed E-state index contributed by atoms with van der Waals surface area (Å²) in [6.07, 6.45) is 4.59. The first-order valence-corrected chi connectivity index (χ1v) is 6.34. The van der Waals surface area contributed by atoms with Crippen LogP contribution in [0.15, 0.2) is 18.2 Å². The summed E-state index contributed by atoms with van der Waals surface area (Å²) in [5.74, 6) is 0.471. The molecule has 1 amide bonds. The van der Waals surface area contributed by atoms with Crippen molar-refractivity contribution in [2.75, 3.05) is 19.9 Å². The van der Waals surface area contributed by atoms with E-state index in [-0.39, 0.29) is 5.91 Å². The van der Waals surface area contributed by atoms with Crippen molar-refractivity contribution in [1.29, 1.82) is 0 Å². The number of methoxy groups -OCH3 is 1. The molecule has 98 valence electrons. The lowest BCUT2D eigenvalue weighted by atomic mass is 10.1. The molecule has 4 heteroatoms. The zero-order chi connectivity index (χ0) is 13.1. The van der Waals surface area contributed by atoms with E-state index in [4.69, 9.17) is 10.5 Å². The van der Waals surface area contributed by atoms with Gasteiger partial charge in [0.05, 0.1) is 18.4 Å². The Labute approximate surface area is 108 Å². The fraction of sp³-hybridized carbons (Fsp3) is 0.500. The number of hydrogen-bond acceptors (Lipinski definition) is 3. The number of nitrogens with two attached hydrogens (primary N) is 1. The average molecular weight is 248 g/mol. The van der Waals surface area contributed by atoms with E-state index in [1.807, 2.05) is 11.9 Å². The van der Waals surface area contributed by atoms with Gasteiger partial charge in [-0.15, -0.1) is 0 Å². The summed E-state index contributed by atoms with van der Waals surface area (Å²) in [4.78, 5) is 14.3. The van der Waals surface area contributed by atoms with Crippen LogP contribution in [0.3, 0.4) is 0 Å². The normalized spacial score (nSPS) is 15.7. The predicted octanol–water partition coefficient (Wildman–Crippen LogP) is 2.29. The number of carbonyl (C=O) groups excluding carboxylic acids is 1.